The number of aromatic nitrogens is 4. The molecule has 1 fully saturated rings. The van der Waals surface area contributed by atoms with E-state index >= 15 is 0 Å². The number of rotatable bonds is 2. The summed E-state index contributed by atoms with van der Waals surface area (Å²) in [6.07, 6.45) is 9.17. The minimum absolute atomic E-state index is 0.0400. The molecule has 29 heavy (non-hydrogen) atoms. The van der Waals surface area contributed by atoms with Crippen LogP contribution in [-0.2, 0) is 0 Å². The van der Waals surface area contributed by atoms with Crippen molar-refractivity contribution >= 4 is 11.3 Å². The summed E-state index contributed by atoms with van der Waals surface area (Å²) in [5.41, 5.74) is 3.43. The smallest absolute Gasteiger partial charge is 0.173 e. The summed E-state index contributed by atoms with van der Waals surface area (Å²) >= 11 is 0. The van der Waals surface area contributed by atoms with E-state index in [4.69, 9.17) is 0 Å². The molecule has 7 heteroatoms. The number of hydrogen-bond acceptors (Lipinski definition) is 3. The van der Waals surface area contributed by atoms with E-state index in [1.165, 1.54) is 12.1 Å². The Morgan fingerprint density at radius 3 is 2.24 bits per heavy atom. The number of nitrogens with zero attached hydrogens (tertiary/aromatic N) is 4. The third kappa shape index (κ3) is 3.19. The highest BCUT2D eigenvalue weighted by Crippen LogP contribution is 2.33. The van der Waals surface area contributed by atoms with E-state index in [0.29, 0.717) is 16.8 Å². The summed E-state index contributed by atoms with van der Waals surface area (Å²) < 4.78 is 32.7. The minimum Gasteiger partial charge on any atom is -0.312 e. The van der Waals surface area contributed by atoms with Gasteiger partial charge in [-0.1, -0.05) is 0 Å². The van der Waals surface area contributed by atoms with Gasteiger partial charge in [-0.15, -0.1) is 0 Å². The van der Waals surface area contributed by atoms with Gasteiger partial charge in [0.25, 0.3) is 0 Å². The molecule has 0 saturated carbocycles. The van der Waals surface area contributed by atoms with Crippen LogP contribution in [0.5, 0.6) is 0 Å². The summed E-state index contributed by atoms with van der Waals surface area (Å²) in [5, 5.41) is 3.50. The van der Waals surface area contributed by atoms with Crippen LogP contribution in [0.4, 0.5) is 8.78 Å². The zero-order valence-corrected chi connectivity index (χ0v) is 16.7. The van der Waals surface area contributed by atoms with Crippen LogP contribution >= 0.6 is 0 Å². The van der Waals surface area contributed by atoms with E-state index in [1.807, 2.05) is 19.3 Å². The normalized spacial score (nSPS) is 19.3. The van der Waals surface area contributed by atoms with Crippen molar-refractivity contribution in [2.75, 3.05) is 6.54 Å². The van der Waals surface area contributed by atoms with Crippen molar-refractivity contribution in [3.63, 3.8) is 0 Å². The van der Waals surface area contributed by atoms with Crippen molar-refractivity contribution in [3.05, 3.63) is 59.9 Å². The van der Waals surface area contributed by atoms with E-state index in [9.17, 15) is 8.78 Å². The second-order valence-corrected chi connectivity index (χ2v) is 8.66. The molecule has 1 unspecified atom stereocenters. The van der Waals surface area contributed by atoms with E-state index in [0.717, 1.165) is 30.8 Å². The van der Waals surface area contributed by atoms with Crippen LogP contribution in [0.3, 0.4) is 0 Å². The van der Waals surface area contributed by atoms with Crippen LogP contribution in [0, 0.1) is 18.6 Å². The summed E-state index contributed by atoms with van der Waals surface area (Å²) in [6.45, 7) is 7.09. The Morgan fingerprint density at radius 1 is 0.966 bits per heavy atom. The van der Waals surface area contributed by atoms with E-state index in [-0.39, 0.29) is 17.1 Å². The number of pyridine rings is 2. The highest BCUT2D eigenvalue weighted by atomic mass is 19.1. The lowest BCUT2D eigenvalue weighted by Crippen LogP contribution is -2.45. The van der Waals surface area contributed by atoms with E-state index < -0.39 is 11.6 Å². The lowest BCUT2D eigenvalue weighted by molar-refractivity contribution is 0.273. The maximum absolute atomic E-state index is 14.9. The molecule has 0 bridgehead atoms. The number of aryl methyl sites for hydroxylation is 1. The SMILES string of the molecule is Cc1cn2cc(-c3cc(F)c4nc(C5CCNC(C)(C)C5)cn4c3)cc(F)c2n1. The molecule has 4 aromatic rings. The summed E-state index contributed by atoms with van der Waals surface area (Å²) in [5.74, 6) is -0.555. The van der Waals surface area contributed by atoms with Gasteiger partial charge >= 0.3 is 0 Å². The fourth-order valence-electron chi connectivity index (χ4n) is 4.40. The standard InChI is InChI=1S/C22H23F2N5/c1-13-9-28-10-15(6-17(23)20(28)26-13)16-7-18(24)21-27-19(12-29(21)11-16)14-4-5-25-22(2,3)8-14/h6-7,9-12,14,25H,4-5,8H2,1-3H3. The van der Waals surface area contributed by atoms with Crippen molar-refractivity contribution in [3.8, 4) is 11.1 Å². The second kappa shape index (κ2) is 6.35. The topological polar surface area (TPSA) is 46.6 Å². The number of fused-ring (bicyclic) bond motifs is 2. The Bertz CT molecular complexity index is 1240. The Hall–Kier alpha value is -2.80. The van der Waals surface area contributed by atoms with Crippen molar-refractivity contribution in [1.82, 2.24) is 24.1 Å². The summed E-state index contributed by atoms with van der Waals surface area (Å²) in [7, 11) is 0. The van der Waals surface area contributed by atoms with Gasteiger partial charge < -0.3 is 14.1 Å². The monoisotopic (exact) mass is 395 g/mol. The van der Waals surface area contributed by atoms with Gasteiger partial charge in [-0.25, -0.2) is 18.7 Å². The molecular weight excluding hydrogens is 372 g/mol. The van der Waals surface area contributed by atoms with Crippen LogP contribution in [0.15, 0.2) is 36.9 Å². The molecule has 150 valence electrons. The molecule has 1 N–H and O–H groups in total. The number of halogens is 2. The lowest BCUT2D eigenvalue weighted by Gasteiger charge is -2.35. The molecule has 0 spiro atoms. The Kier molecular flexibility index (Phi) is 4.00. The Labute approximate surface area is 167 Å². The first-order valence-corrected chi connectivity index (χ1v) is 9.87. The number of imidazole rings is 2. The van der Waals surface area contributed by atoms with Gasteiger partial charge in [0.15, 0.2) is 22.9 Å². The van der Waals surface area contributed by atoms with Crippen molar-refractivity contribution in [2.45, 2.75) is 45.1 Å². The first kappa shape index (κ1) is 18.2. The van der Waals surface area contributed by atoms with Gasteiger partial charge in [-0.3, -0.25) is 0 Å². The second-order valence-electron chi connectivity index (χ2n) is 8.66. The molecule has 5 nitrogen and oxygen atoms in total. The lowest BCUT2D eigenvalue weighted by atomic mass is 9.83. The van der Waals surface area contributed by atoms with Crippen LogP contribution in [-0.4, -0.2) is 30.9 Å². The van der Waals surface area contributed by atoms with Gasteiger partial charge in [0.1, 0.15) is 0 Å². The number of nitrogens with one attached hydrogen (secondary N) is 1. The first-order chi connectivity index (χ1) is 13.8. The third-order valence-electron chi connectivity index (χ3n) is 5.76. The molecule has 4 aromatic heterocycles. The van der Waals surface area contributed by atoms with Gasteiger partial charge in [0.2, 0.25) is 0 Å². The van der Waals surface area contributed by atoms with Crippen LogP contribution in [0.25, 0.3) is 22.4 Å². The van der Waals surface area contributed by atoms with E-state index in [2.05, 4.69) is 29.1 Å². The Balaban J connectivity index is 1.58. The zero-order valence-electron chi connectivity index (χ0n) is 16.7. The molecular formula is C22H23F2N5. The largest absolute Gasteiger partial charge is 0.312 e. The third-order valence-corrected chi connectivity index (χ3v) is 5.76. The first-order valence-electron chi connectivity index (χ1n) is 9.87. The van der Waals surface area contributed by atoms with Crippen molar-refractivity contribution in [1.29, 1.82) is 0 Å². The van der Waals surface area contributed by atoms with Crippen molar-refractivity contribution < 1.29 is 8.78 Å². The van der Waals surface area contributed by atoms with Crippen LogP contribution < -0.4 is 5.32 Å². The molecule has 5 heterocycles. The molecule has 1 atom stereocenters. The Morgan fingerprint density at radius 2 is 1.59 bits per heavy atom. The molecule has 5 rings (SSSR count). The molecule has 0 amide bonds. The summed E-state index contributed by atoms with van der Waals surface area (Å²) in [6, 6.07) is 2.82. The minimum atomic E-state index is -0.431. The van der Waals surface area contributed by atoms with Crippen LogP contribution in [0.1, 0.15) is 44.0 Å². The predicted octanol–water partition coefficient (Wildman–Crippen LogP) is 4.48. The number of piperidine rings is 1. The molecule has 1 saturated heterocycles. The van der Waals surface area contributed by atoms with Crippen molar-refractivity contribution in [2.24, 2.45) is 0 Å². The highest BCUT2D eigenvalue weighted by molar-refractivity contribution is 5.66. The fraction of sp³-hybridized carbons (Fsp3) is 0.364. The zero-order chi connectivity index (χ0) is 20.3. The quantitative estimate of drug-likeness (QED) is 0.544. The average Bonchev–Trinajstić information content (AvgIpc) is 3.24. The molecule has 1 aliphatic rings. The van der Waals surface area contributed by atoms with E-state index in [1.54, 1.807) is 21.2 Å². The summed E-state index contributed by atoms with van der Waals surface area (Å²) in [4.78, 5) is 8.75. The maximum atomic E-state index is 14.9. The average molecular weight is 395 g/mol. The molecule has 0 aromatic carbocycles. The molecule has 1 aliphatic heterocycles. The molecule has 0 aliphatic carbocycles. The van der Waals surface area contributed by atoms with Gasteiger partial charge in [-0.05, 0) is 52.3 Å². The number of hydrogen-bond donors (Lipinski definition) is 1. The van der Waals surface area contributed by atoms with Crippen LogP contribution in [0.2, 0.25) is 0 Å². The maximum Gasteiger partial charge on any atom is 0.173 e. The van der Waals surface area contributed by atoms with Gasteiger partial charge in [0.05, 0.1) is 11.4 Å². The highest BCUT2D eigenvalue weighted by Gasteiger charge is 2.30. The fourth-order valence-corrected chi connectivity index (χ4v) is 4.40. The molecule has 0 radical (unpaired) electrons. The van der Waals surface area contributed by atoms with Gasteiger partial charge in [0, 0.05) is 47.4 Å². The predicted molar refractivity (Wildman–Crippen MR) is 108 cm³/mol. The van der Waals surface area contributed by atoms with Gasteiger partial charge in [-0.2, -0.15) is 0 Å².